The minimum Gasteiger partial charge on any atom is -0.381 e. The highest BCUT2D eigenvalue weighted by Crippen LogP contribution is 2.27. The number of rotatable bonds is 8. The van der Waals surface area contributed by atoms with Gasteiger partial charge in [0.1, 0.15) is 0 Å². The van der Waals surface area contributed by atoms with Gasteiger partial charge in [-0.05, 0) is 25.5 Å². The Morgan fingerprint density at radius 1 is 1.32 bits per heavy atom. The van der Waals surface area contributed by atoms with Crippen LogP contribution in [-0.2, 0) is 28.9 Å². The highest BCUT2D eigenvalue weighted by Gasteiger charge is 2.18. The van der Waals surface area contributed by atoms with Crippen LogP contribution in [0.3, 0.4) is 0 Å². The van der Waals surface area contributed by atoms with Gasteiger partial charge in [0.25, 0.3) is 0 Å². The van der Waals surface area contributed by atoms with E-state index in [0.29, 0.717) is 19.6 Å². The molecule has 1 aromatic carbocycles. The van der Waals surface area contributed by atoms with E-state index in [4.69, 9.17) is 4.74 Å². The largest absolute Gasteiger partial charge is 0.381 e. The molecule has 1 N–H and O–H groups in total. The van der Waals surface area contributed by atoms with Crippen molar-refractivity contribution in [2.24, 2.45) is 0 Å². The van der Waals surface area contributed by atoms with Crippen LogP contribution in [0.2, 0.25) is 0 Å². The number of nitrogens with one attached hydrogen (secondary N) is 1. The molecule has 0 atom stereocenters. The number of carbonyl (C=O) groups excluding carboxylic acids is 1. The maximum Gasteiger partial charge on any atom is 0.226 e. The van der Waals surface area contributed by atoms with E-state index < -0.39 is 0 Å². The van der Waals surface area contributed by atoms with Crippen molar-refractivity contribution in [1.29, 1.82) is 0 Å². The minimum atomic E-state index is 0.0195. The Hall–Kier alpha value is -1.76. The van der Waals surface area contributed by atoms with Gasteiger partial charge in [0.05, 0.1) is 12.3 Å². The van der Waals surface area contributed by atoms with E-state index in [1.165, 1.54) is 10.4 Å². The average Bonchev–Trinajstić information content (AvgIpc) is 3.00. The lowest BCUT2D eigenvalue weighted by molar-refractivity contribution is -0.116. The number of benzene rings is 1. The van der Waals surface area contributed by atoms with Crippen LogP contribution in [0, 0.1) is 0 Å². The highest BCUT2D eigenvalue weighted by atomic mass is 32.1. The molecule has 0 saturated heterocycles. The molecular weight excluding hydrogens is 334 g/mol. The number of ether oxygens (including phenoxy) is 1. The fourth-order valence-electron chi connectivity index (χ4n) is 2.83. The van der Waals surface area contributed by atoms with Crippen LogP contribution in [0.5, 0.6) is 0 Å². The van der Waals surface area contributed by atoms with E-state index in [2.05, 4.69) is 34.4 Å². The van der Waals surface area contributed by atoms with E-state index >= 15 is 0 Å². The fraction of sp³-hybridized carbons (Fsp3) is 0.474. The number of hydrogen-bond acceptors (Lipinski definition) is 5. The first-order valence-corrected chi connectivity index (χ1v) is 9.61. The third-order valence-electron chi connectivity index (χ3n) is 4.24. The maximum atomic E-state index is 12.0. The molecule has 5 nitrogen and oxygen atoms in total. The minimum absolute atomic E-state index is 0.0195. The van der Waals surface area contributed by atoms with Crippen molar-refractivity contribution in [2.75, 3.05) is 32.1 Å². The van der Waals surface area contributed by atoms with E-state index in [-0.39, 0.29) is 5.91 Å². The summed E-state index contributed by atoms with van der Waals surface area (Å²) in [5.41, 5.74) is 2.42. The molecule has 1 aromatic heterocycles. The van der Waals surface area contributed by atoms with Crippen LogP contribution >= 0.6 is 11.3 Å². The first-order valence-electron chi connectivity index (χ1n) is 8.79. The summed E-state index contributed by atoms with van der Waals surface area (Å²) in [4.78, 5) is 20.1. The first-order chi connectivity index (χ1) is 12.2. The van der Waals surface area contributed by atoms with Gasteiger partial charge in [0, 0.05) is 37.4 Å². The summed E-state index contributed by atoms with van der Waals surface area (Å²) in [6.45, 7) is 3.26. The fourth-order valence-corrected chi connectivity index (χ4v) is 3.93. The number of likely N-dealkylation sites (N-methyl/N-ethyl adjacent to an activating group) is 1. The lowest BCUT2D eigenvalue weighted by Gasteiger charge is -2.20. The van der Waals surface area contributed by atoms with Crippen molar-refractivity contribution in [2.45, 2.75) is 32.2 Å². The Labute approximate surface area is 153 Å². The van der Waals surface area contributed by atoms with Crippen LogP contribution < -0.4 is 5.32 Å². The Morgan fingerprint density at radius 3 is 3.00 bits per heavy atom. The molecule has 1 aliphatic heterocycles. The van der Waals surface area contributed by atoms with E-state index in [1.807, 2.05) is 18.2 Å². The van der Waals surface area contributed by atoms with E-state index in [1.54, 1.807) is 11.3 Å². The summed E-state index contributed by atoms with van der Waals surface area (Å²) in [6.07, 6.45) is 3.07. The SMILES string of the molecule is CN1CCc2nc(NC(=O)CCCOCCc3ccccc3)sc2C1. The number of amides is 1. The van der Waals surface area contributed by atoms with Gasteiger partial charge in [-0.3, -0.25) is 4.79 Å². The molecule has 0 aliphatic carbocycles. The number of aromatic nitrogens is 1. The number of fused-ring (bicyclic) bond motifs is 1. The van der Waals surface area contributed by atoms with E-state index in [0.717, 1.165) is 43.2 Å². The molecule has 0 bridgehead atoms. The molecule has 0 fully saturated rings. The average molecular weight is 359 g/mol. The third kappa shape index (κ3) is 5.63. The predicted molar refractivity (Wildman–Crippen MR) is 101 cm³/mol. The lowest BCUT2D eigenvalue weighted by Crippen LogP contribution is -2.25. The van der Waals surface area contributed by atoms with Crippen LogP contribution in [0.4, 0.5) is 5.13 Å². The number of nitrogens with zero attached hydrogens (tertiary/aromatic N) is 2. The van der Waals surface area contributed by atoms with Crippen molar-refractivity contribution >= 4 is 22.4 Å². The summed E-state index contributed by atoms with van der Waals surface area (Å²) in [5, 5.41) is 3.66. The van der Waals surface area contributed by atoms with Gasteiger partial charge in [0.15, 0.2) is 5.13 Å². The molecule has 6 heteroatoms. The van der Waals surface area contributed by atoms with Gasteiger partial charge in [-0.15, -0.1) is 11.3 Å². The molecule has 3 rings (SSSR count). The molecule has 0 spiro atoms. The molecular formula is C19H25N3O2S. The molecule has 2 aromatic rings. The molecule has 134 valence electrons. The monoisotopic (exact) mass is 359 g/mol. The molecule has 25 heavy (non-hydrogen) atoms. The number of thiazole rings is 1. The summed E-state index contributed by atoms with van der Waals surface area (Å²) < 4.78 is 5.62. The Morgan fingerprint density at radius 2 is 2.16 bits per heavy atom. The van der Waals surface area contributed by atoms with Gasteiger partial charge in [0.2, 0.25) is 5.91 Å². The molecule has 1 aliphatic rings. The van der Waals surface area contributed by atoms with Gasteiger partial charge in [-0.2, -0.15) is 0 Å². The second-order valence-electron chi connectivity index (χ2n) is 6.38. The quantitative estimate of drug-likeness (QED) is 0.736. The van der Waals surface area contributed by atoms with Crippen molar-refractivity contribution in [1.82, 2.24) is 9.88 Å². The summed E-state index contributed by atoms with van der Waals surface area (Å²) in [5.74, 6) is 0.0195. The molecule has 1 amide bonds. The van der Waals surface area contributed by atoms with Crippen molar-refractivity contribution in [3.8, 4) is 0 Å². The number of carbonyl (C=O) groups is 1. The van der Waals surface area contributed by atoms with Crippen LogP contribution in [0.1, 0.15) is 29.0 Å². The van der Waals surface area contributed by atoms with Crippen LogP contribution in [-0.4, -0.2) is 42.6 Å². The normalized spacial score (nSPS) is 14.3. The van der Waals surface area contributed by atoms with Crippen molar-refractivity contribution < 1.29 is 9.53 Å². The Kier molecular flexibility index (Phi) is 6.55. The highest BCUT2D eigenvalue weighted by molar-refractivity contribution is 7.15. The summed E-state index contributed by atoms with van der Waals surface area (Å²) >= 11 is 1.60. The molecule has 0 saturated carbocycles. The molecule has 2 heterocycles. The second-order valence-corrected chi connectivity index (χ2v) is 7.46. The predicted octanol–water partition coefficient (Wildman–Crippen LogP) is 3.11. The summed E-state index contributed by atoms with van der Waals surface area (Å²) in [6, 6.07) is 10.3. The van der Waals surface area contributed by atoms with Crippen molar-refractivity contribution in [3.05, 3.63) is 46.5 Å². The van der Waals surface area contributed by atoms with Crippen LogP contribution in [0.25, 0.3) is 0 Å². The first kappa shape index (κ1) is 18.0. The second kappa shape index (κ2) is 9.08. The third-order valence-corrected chi connectivity index (χ3v) is 5.24. The topological polar surface area (TPSA) is 54.5 Å². The zero-order chi connectivity index (χ0) is 17.5. The zero-order valence-corrected chi connectivity index (χ0v) is 15.5. The maximum absolute atomic E-state index is 12.0. The zero-order valence-electron chi connectivity index (χ0n) is 14.7. The lowest BCUT2D eigenvalue weighted by atomic mass is 10.2. The van der Waals surface area contributed by atoms with E-state index in [9.17, 15) is 4.79 Å². The van der Waals surface area contributed by atoms with Gasteiger partial charge in [-0.25, -0.2) is 4.98 Å². The molecule has 0 radical (unpaired) electrons. The van der Waals surface area contributed by atoms with Gasteiger partial charge in [-0.1, -0.05) is 30.3 Å². The molecule has 0 unspecified atom stereocenters. The van der Waals surface area contributed by atoms with Gasteiger partial charge < -0.3 is 15.0 Å². The number of hydrogen-bond donors (Lipinski definition) is 1. The van der Waals surface area contributed by atoms with Crippen molar-refractivity contribution in [3.63, 3.8) is 0 Å². The number of anilines is 1. The Bertz CT molecular complexity index is 687. The van der Waals surface area contributed by atoms with Gasteiger partial charge >= 0.3 is 0 Å². The summed E-state index contributed by atoms with van der Waals surface area (Å²) in [7, 11) is 2.11. The smallest absolute Gasteiger partial charge is 0.226 e. The Balaban J connectivity index is 1.31. The van der Waals surface area contributed by atoms with Crippen LogP contribution in [0.15, 0.2) is 30.3 Å². The standard InChI is InChI=1S/C19H25N3O2S/c1-22-11-9-16-17(14-22)25-19(20-16)21-18(23)8-5-12-24-13-10-15-6-3-2-4-7-15/h2-4,6-7H,5,8-14H2,1H3,(H,20,21,23).